The highest BCUT2D eigenvalue weighted by Gasteiger charge is 2.16. The van der Waals surface area contributed by atoms with E-state index in [0.717, 1.165) is 12.8 Å². The van der Waals surface area contributed by atoms with Gasteiger partial charge in [-0.2, -0.15) is 0 Å². The maximum atomic E-state index is 12.0. The van der Waals surface area contributed by atoms with Gasteiger partial charge in [0.15, 0.2) is 0 Å². The molecular formula is C23H43NO. The minimum Gasteiger partial charge on any atom is -0.273 e. The first kappa shape index (κ1) is 22.4. The average Bonchev–Trinajstić information content (AvgIpc) is 2.61. The summed E-state index contributed by atoms with van der Waals surface area (Å²) in [6.07, 6.45) is 23.0. The lowest BCUT2D eigenvalue weighted by Gasteiger charge is -2.19. The van der Waals surface area contributed by atoms with Crippen LogP contribution in [0.25, 0.3) is 0 Å². The number of amides is 1. The lowest BCUT2D eigenvalue weighted by Crippen LogP contribution is -2.17. The Bertz CT molecular complexity index is 361. The summed E-state index contributed by atoms with van der Waals surface area (Å²) in [6.45, 7) is 4.50. The van der Waals surface area contributed by atoms with Crippen LogP contribution >= 0.6 is 0 Å². The first-order chi connectivity index (χ1) is 12.2. The molecule has 1 atom stereocenters. The number of rotatable bonds is 14. The fourth-order valence-corrected chi connectivity index (χ4v) is 3.85. The SMILES string of the molecule is CCCCCCCCCCCCCCCC(=O)N=C1CCCCC1C. The van der Waals surface area contributed by atoms with Gasteiger partial charge < -0.3 is 0 Å². The Hall–Kier alpha value is -0.660. The van der Waals surface area contributed by atoms with Crippen LogP contribution in [0.4, 0.5) is 0 Å². The van der Waals surface area contributed by atoms with Gasteiger partial charge in [0.2, 0.25) is 5.91 Å². The Morgan fingerprint density at radius 1 is 0.840 bits per heavy atom. The molecule has 0 saturated heterocycles. The maximum absolute atomic E-state index is 12.0. The van der Waals surface area contributed by atoms with Crippen molar-refractivity contribution in [2.75, 3.05) is 0 Å². The van der Waals surface area contributed by atoms with Gasteiger partial charge in [0.05, 0.1) is 0 Å². The Kier molecular flexibility index (Phi) is 14.0. The molecule has 1 saturated carbocycles. The second-order valence-electron chi connectivity index (χ2n) is 8.14. The van der Waals surface area contributed by atoms with Crippen molar-refractivity contribution in [1.82, 2.24) is 0 Å². The highest BCUT2D eigenvalue weighted by Crippen LogP contribution is 2.21. The quantitative estimate of drug-likeness (QED) is 0.296. The van der Waals surface area contributed by atoms with Crippen molar-refractivity contribution in [2.45, 2.75) is 129 Å². The molecule has 146 valence electrons. The molecule has 0 heterocycles. The Balaban J connectivity index is 1.87. The van der Waals surface area contributed by atoms with Crippen molar-refractivity contribution in [1.29, 1.82) is 0 Å². The third-order valence-electron chi connectivity index (χ3n) is 5.65. The van der Waals surface area contributed by atoms with Crippen LogP contribution < -0.4 is 0 Å². The monoisotopic (exact) mass is 349 g/mol. The maximum Gasteiger partial charge on any atom is 0.245 e. The van der Waals surface area contributed by atoms with Crippen molar-refractivity contribution < 1.29 is 4.79 Å². The van der Waals surface area contributed by atoms with Gasteiger partial charge in [-0.25, -0.2) is 4.99 Å². The number of nitrogens with zero attached hydrogens (tertiary/aromatic N) is 1. The predicted molar refractivity (Wildman–Crippen MR) is 110 cm³/mol. The standard InChI is InChI=1S/C23H43NO/c1-3-4-5-6-7-8-9-10-11-12-13-14-15-20-23(25)24-22-19-17-16-18-21(22)2/h21H,3-20H2,1-2H3. The van der Waals surface area contributed by atoms with Gasteiger partial charge in [-0.3, -0.25) is 4.79 Å². The summed E-state index contributed by atoms with van der Waals surface area (Å²) < 4.78 is 0. The van der Waals surface area contributed by atoms with Crippen molar-refractivity contribution >= 4 is 11.6 Å². The Morgan fingerprint density at radius 3 is 1.88 bits per heavy atom. The molecule has 0 aromatic rings. The smallest absolute Gasteiger partial charge is 0.245 e. The molecule has 1 fully saturated rings. The third kappa shape index (κ3) is 12.3. The number of aliphatic imine (C=N–C) groups is 1. The molecule has 0 aromatic carbocycles. The van der Waals surface area contributed by atoms with E-state index in [2.05, 4.69) is 18.8 Å². The van der Waals surface area contributed by atoms with Crippen molar-refractivity contribution in [3.05, 3.63) is 0 Å². The number of hydrogen-bond acceptors (Lipinski definition) is 1. The van der Waals surface area contributed by atoms with E-state index in [1.165, 1.54) is 102 Å². The number of unbranched alkanes of at least 4 members (excludes halogenated alkanes) is 12. The zero-order valence-corrected chi connectivity index (χ0v) is 17.2. The molecule has 0 N–H and O–H groups in total. The van der Waals surface area contributed by atoms with Crippen molar-refractivity contribution in [2.24, 2.45) is 10.9 Å². The summed E-state index contributed by atoms with van der Waals surface area (Å²) in [5.74, 6) is 0.663. The molecule has 2 heteroatoms. The first-order valence-electron chi connectivity index (χ1n) is 11.3. The topological polar surface area (TPSA) is 29.4 Å². The molecule has 0 aliphatic heterocycles. The van der Waals surface area contributed by atoms with E-state index < -0.39 is 0 Å². The Labute approximate surface area is 157 Å². The van der Waals surface area contributed by atoms with Gasteiger partial charge in [0.1, 0.15) is 0 Å². The Morgan fingerprint density at radius 2 is 1.36 bits per heavy atom. The fraction of sp³-hybridized carbons (Fsp3) is 0.913. The molecule has 0 aromatic heterocycles. The summed E-state index contributed by atoms with van der Waals surface area (Å²) in [7, 11) is 0. The molecule has 1 amide bonds. The van der Waals surface area contributed by atoms with Crippen LogP contribution in [0.5, 0.6) is 0 Å². The average molecular weight is 350 g/mol. The molecule has 0 radical (unpaired) electrons. The summed E-state index contributed by atoms with van der Waals surface area (Å²) in [4.78, 5) is 16.4. The fourth-order valence-electron chi connectivity index (χ4n) is 3.85. The van der Waals surface area contributed by atoms with E-state index in [1.54, 1.807) is 0 Å². The lowest BCUT2D eigenvalue weighted by molar-refractivity contribution is -0.117. The molecular weight excluding hydrogens is 306 g/mol. The molecule has 1 aliphatic carbocycles. The summed E-state index contributed by atoms with van der Waals surface area (Å²) >= 11 is 0. The van der Waals surface area contributed by atoms with Crippen LogP contribution in [0.2, 0.25) is 0 Å². The minimum absolute atomic E-state index is 0.131. The van der Waals surface area contributed by atoms with Gasteiger partial charge in [-0.05, 0) is 31.6 Å². The highest BCUT2D eigenvalue weighted by molar-refractivity contribution is 5.97. The van der Waals surface area contributed by atoms with Crippen LogP contribution in [0.3, 0.4) is 0 Å². The molecule has 1 aliphatic rings. The van der Waals surface area contributed by atoms with E-state index in [1.807, 2.05) is 0 Å². The van der Waals surface area contributed by atoms with Gasteiger partial charge in [-0.15, -0.1) is 0 Å². The molecule has 1 rings (SSSR count). The van der Waals surface area contributed by atoms with E-state index >= 15 is 0 Å². The van der Waals surface area contributed by atoms with Gasteiger partial charge >= 0.3 is 0 Å². The summed E-state index contributed by atoms with van der Waals surface area (Å²) in [5.41, 5.74) is 1.17. The zero-order valence-electron chi connectivity index (χ0n) is 17.2. The molecule has 1 unspecified atom stereocenters. The summed E-state index contributed by atoms with van der Waals surface area (Å²) in [5, 5.41) is 0. The van der Waals surface area contributed by atoms with Crippen molar-refractivity contribution in [3.8, 4) is 0 Å². The summed E-state index contributed by atoms with van der Waals surface area (Å²) in [6, 6.07) is 0. The van der Waals surface area contributed by atoms with Gasteiger partial charge in [0.25, 0.3) is 0 Å². The number of hydrogen-bond donors (Lipinski definition) is 0. The predicted octanol–water partition coefficient (Wildman–Crippen LogP) is 7.65. The van der Waals surface area contributed by atoms with E-state index in [-0.39, 0.29) is 5.91 Å². The van der Waals surface area contributed by atoms with E-state index in [0.29, 0.717) is 12.3 Å². The third-order valence-corrected chi connectivity index (χ3v) is 5.65. The largest absolute Gasteiger partial charge is 0.273 e. The van der Waals surface area contributed by atoms with Crippen LogP contribution in [0.15, 0.2) is 4.99 Å². The highest BCUT2D eigenvalue weighted by atomic mass is 16.1. The molecule has 0 spiro atoms. The molecule has 0 bridgehead atoms. The number of carbonyl (C=O) groups excluding carboxylic acids is 1. The molecule has 25 heavy (non-hydrogen) atoms. The second kappa shape index (κ2) is 15.6. The van der Waals surface area contributed by atoms with Crippen LogP contribution in [0, 0.1) is 5.92 Å². The van der Waals surface area contributed by atoms with Gasteiger partial charge in [0, 0.05) is 12.1 Å². The minimum atomic E-state index is 0.131. The van der Waals surface area contributed by atoms with Crippen LogP contribution in [0.1, 0.15) is 129 Å². The van der Waals surface area contributed by atoms with E-state index in [4.69, 9.17) is 0 Å². The molecule has 2 nitrogen and oxygen atoms in total. The first-order valence-corrected chi connectivity index (χ1v) is 11.3. The second-order valence-corrected chi connectivity index (χ2v) is 8.14. The number of carbonyl (C=O) groups is 1. The zero-order chi connectivity index (χ0) is 18.2. The van der Waals surface area contributed by atoms with Gasteiger partial charge in [-0.1, -0.05) is 97.3 Å². The van der Waals surface area contributed by atoms with Crippen LogP contribution in [-0.2, 0) is 4.79 Å². The normalized spacial score (nSPS) is 19.4. The van der Waals surface area contributed by atoms with E-state index in [9.17, 15) is 4.79 Å². The van der Waals surface area contributed by atoms with Crippen LogP contribution in [-0.4, -0.2) is 11.6 Å². The van der Waals surface area contributed by atoms with Crippen molar-refractivity contribution in [3.63, 3.8) is 0 Å². The lowest BCUT2D eigenvalue weighted by atomic mass is 9.89.